The van der Waals surface area contributed by atoms with Crippen LogP contribution in [0.25, 0.3) is 0 Å². The molecule has 0 aliphatic heterocycles. The summed E-state index contributed by atoms with van der Waals surface area (Å²) in [5.74, 6) is 3.55. The zero-order chi connectivity index (χ0) is 69.8. The van der Waals surface area contributed by atoms with Crippen LogP contribution in [-0.4, -0.2) is 63.3 Å². The molecule has 96 heavy (non-hydrogen) atoms. The standard InChI is InChI=1S/C86H164N2O8/c1-7-13-17-21-33-45-61-79(81(63-47-35-23-19-15-9-3)67-51-39-27-31-43-55-71-85(91)95-77-59-57-75-93-11-5)65-49-37-25-29-41-53-69-83(89)87-73-74-88-84(90)70-54-42-30-26-38-50-66-80(62-46-34-22-18-14-8-2)82(64-48-36-24-20-16-10-4)68-52-40-28-32-44-56-72-86(92)96-78-60-58-76-94-12-6/h11-12,79-82H,5-10,13-78H2,1-4H3,(H,87,89)(H,88,90). The third kappa shape index (κ3) is 68.1. The summed E-state index contributed by atoms with van der Waals surface area (Å²) in [5, 5.41) is 6.14. The second-order valence-corrected chi connectivity index (χ2v) is 29.5. The number of carbonyl (C=O) groups is 4. The summed E-state index contributed by atoms with van der Waals surface area (Å²) in [6.45, 7) is 19.7. The predicted octanol–water partition coefficient (Wildman–Crippen LogP) is 26.1. The Hall–Kier alpha value is -3.04. The van der Waals surface area contributed by atoms with Crippen LogP contribution >= 0.6 is 0 Å². The highest BCUT2D eigenvalue weighted by atomic mass is 16.5. The van der Waals surface area contributed by atoms with E-state index in [2.05, 4.69) is 51.5 Å². The lowest BCUT2D eigenvalue weighted by molar-refractivity contribution is -0.144. The third-order valence-corrected chi connectivity index (χ3v) is 20.8. The van der Waals surface area contributed by atoms with Gasteiger partial charge in [0.05, 0.1) is 39.0 Å². The Morgan fingerprint density at radius 2 is 0.458 bits per heavy atom. The Morgan fingerprint density at radius 1 is 0.260 bits per heavy atom. The quantitative estimate of drug-likeness (QED) is 0.0350. The van der Waals surface area contributed by atoms with Gasteiger partial charge in [-0.2, -0.15) is 0 Å². The van der Waals surface area contributed by atoms with E-state index in [4.69, 9.17) is 18.9 Å². The number of hydrogen-bond donors (Lipinski definition) is 2. The van der Waals surface area contributed by atoms with Gasteiger partial charge in [0, 0.05) is 38.8 Å². The smallest absolute Gasteiger partial charge is 0.305 e. The number of unbranched alkanes of at least 4 members (excludes halogenated alkanes) is 42. The summed E-state index contributed by atoms with van der Waals surface area (Å²) >= 11 is 0. The SMILES string of the molecule is C=COCCCCOC(=O)CCCCCCCCC(CCCCCCCC)C(CCCCCCCC)CCCCCCCCC(=O)NCCNC(=O)CCCCCCCCC(CCCCCCCC)C(CCCCCCCC)CCCCCCCCC(=O)OCCCCOC=C. The Bertz CT molecular complexity index is 1540. The molecule has 4 atom stereocenters. The van der Waals surface area contributed by atoms with Crippen LogP contribution in [0.3, 0.4) is 0 Å². The fourth-order valence-corrected chi connectivity index (χ4v) is 14.6. The first-order chi connectivity index (χ1) is 47.3. The van der Waals surface area contributed by atoms with Crippen molar-refractivity contribution < 1.29 is 38.1 Å². The molecule has 0 rings (SSSR count). The van der Waals surface area contributed by atoms with Gasteiger partial charge in [-0.3, -0.25) is 19.2 Å². The van der Waals surface area contributed by atoms with Gasteiger partial charge in [-0.15, -0.1) is 0 Å². The molecule has 4 unspecified atom stereocenters. The number of rotatable bonds is 81. The predicted molar refractivity (Wildman–Crippen MR) is 412 cm³/mol. The van der Waals surface area contributed by atoms with Gasteiger partial charge >= 0.3 is 11.9 Å². The van der Waals surface area contributed by atoms with Crippen molar-refractivity contribution in [2.75, 3.05) is 39.5 Å². The lowest BCUT2D eigenvalue weighted by Crippen LogP contribution is -2.34. The van der Waals surface area contributed by atoms with Crippen LogP contribution in [0.1, 0.15) is 439 Å². The van der Waals surface area contributed by atoms with Crippen LogP contribution < -0.4 is 10.6 Å². The molecule has 566 valence electrons. The minimum absolute atomic E-state index is 0.0551. The van der Waals surface area contributed by atoms with Gasteiger partial charge in [-0.25, -0.2) is 0 Å². The molecule has 0 saturated carbocycles. The van der Waals surface area contributed by atoms with Crippen molar-refractivity contribution in [3.05, 3.63) is 25.7 Å². The van der Waals surface area contributed by atoms with E-state index in [1.807, 2.05) is 0 Å². The lowest BCUT2D eigenvalue weighted by atomic mass is 9.78. The van der Waals surface area contributed by atoms with Gasteiger partial charge < -0.3 is 29.6 Å². The molecule has 0 aromatic heterocycles. The van der Waals surface area contributed by atoms with Crippen molar-refractivity contribution in [1.29, 1.82) is 0 Å². The van der Waals surface area contributed by atoms with E-state index in [-0.39, 0.29) is 23.8 Å². The highest BCUT2D eigenvalue weighted by molar-refractivity contribution is 5.77. The van der Waals surface area contributed by atoms with Crippen LogP contribution in [0.4, 0.5) is 0 Å². The van der Waals surface area contributed by atoms with Crippen molar-refractivity contribution in [3.8, 4) is 0 Å². The van der Waals surface area contributed by atoms with Crippen molar-refractivity contribution >= 4 is 23.8 Å². The van der Waals surface area contributed by atoms with Gasteiger partial charge in [-0.1, -0.05) is 375 Å². The van der Waals surface area contributed by atoms with E-state index in [1.54, 1.807) is 0 Å². The average Bonchev–Trinajstić information content (AvgIpc) is 3.00. The summed E-state index contributed by atoms with van der Waals surface area (Å²) in [6.07, 6.45) is 81.6. The van der Waals surface area contributed by atoms with Crippen molar-refractivity contribution in [1.82, 2.24) is 10.6 Å². The van der Waals surface area contributed by atoms with Crippen LogP contribution in [0.2, 0.25) is 0 Å². The lowest BCUT2D eigenvalue weighted by Gasteiger charge is -2.28. The van der Waals surface area contributed by atoms with Crippen molar-refractivity contribution in [2.45, 2.75) is 439 Å². The van der Waals surface area contributed by atoms with E-state index in [0.717, 1.165) is 101 Å². The fourth-order valence-electron chi connectivity index (χ4n) is 14.6. The van der Waals surface area contributed by atoms with Crippen molar-refractivity contribution in [2.24, 2.45) is 23.7 Å². The second kappa shape index (κ2) is 77.7. The Kier molecular flexibility index (Phi) is 75.2. The highest BCUT2D eigenvalue weighted by Gasteiger charge is 2.23. The molecule has 0 aliphatic carbocycles. The molecule has 0 heterocycles. The molecule has 0 aliphatic rings. The summed E-state index contributed by atoms with van der Waals surface area (Å²) in [5.41, 5.74) is 0. The molecule has 0 radical (unpaired) electrons. The van der Waals surface area contributed by atoms with Gasteiger partial charge in [0.1, 0.15) is 0 Å². The largest absolute Gasteiger partial charge is 0.502 e. The van der Waals surface area contributed by atoms with Crippen LogP contribution in [0.5, 0.6) is 0 Å². The number of hydrogen-bond acceptors (Lipinski definition) is 8. The molecule has 0 aromatic rings. The molecule has 0 bridgehead atoms. The molecule has 10 heteroatoms. The first kappa shape index (κ1) is 93.0. The van der Waals surface area contributed by atoms with E-state index in [0.29, 0.717) is 65.2 Å². The maximum Gasteiger partial charge on any atom is 0.305 e. The molecule has 2 N–H and O–H groups in total. The monoisotopic (exact) mass is 1350 g/mol. The molecule has 10 nitrogen and oxygen atoms in total. The Labute approximate surface area is 597 Å². The molecular formula is C86H164N2O8. The highest BCUT2D eigenvalue weighted by Crippen LogP contribution is 2.36. The van der Waals surface area contributed by atoms with Crippen molar-refractivity contribution in [3.63, 3.8) is 0 Å². The molecule has 0 fully saturated rings. The van der Waals surface area contributed by atoms with Gasteiger partial charge in [0.15, 0.2) is 0 Å². The zero-order valence-corrected chi connectivity index (χ0v) is 64.6. The molecular weight excluding hydrogens is 1190 g/mol. The number of esters is 2. The van der Waals surface area contributed by atoms with E-state index in [1.165, 1.54) is 321 Å². The minimum atomic E-state index is -0.0551. The summed E-state index contributed by atoms with van der Waals surface area (Å²) in [4.78, 5) is 49.9. The fraction of sp³-hybridized carbons (Fsp3) is 0.907. The third-order valence-electron chi connectivity index (χ3n) is 20.8. The van der Waals surface area contributed by atoms with Crippen LogP contribution in [0.15, 0.2) is 25.7 Å². The zero-order valence-electron chi connectivity index (χ0n) is 64.6. The molecule has 0 aromatic carbocycles. The van der Waals surface area contributed by atoms with Gasteiger partial charge in [0.25, 0.3) is 0 Å². The topological polar surface area (TPSA) is 129 Å². The maximum absolute atomic E-state index is 12.7. The molecule has 0 saturated heterocycles. The first-order valence-electron chi connectivity index (χ1n) is 42.5. The summed E-state index contributed by atoms with van der Waals surface area (Å²) in [6, 6.07) is 0. The maximum atomic E-state index is 12.7. The van der Waals surface area contributed by atoms with E-state index in [9.17, 15) is 19.2 Å². The number of ether oxygens (including phenoxy) is 4. The summed E-state index contributed by atoms with van der Waals surface area (Å²) in [7, 11) is 0. The second-order valence-electron chi connectivity index (χ2n) is 29.5. The van der Waals surface area contributed by atoms with Crippen LogP contribution in [0, 0.1) is 23.7 Å². The molecule has 0 spiro atoms. The van der Waals surface area contributed by atoms with Gasteiger partial charge in [-0.05, 0) is 75.0 Å². The summed E-state index contributed by atoms with van der Waals surface area (Å²) < 4.78 is 21.1. The Morgan fingerprint density at radius 3 is 0.688 bits per heavy atom. The number of amides is 2. The number of nitrogens with one attached hydrogen (secondary N) is 2. The normalized spacial score (nSPS) is 12.7. The van der Waals surface area contributed by atoms with E-state index >= 15 is 0 Å². The van der Waals surface area contributed by atoms with E-state index < -0.39 is 0 Å². The van der Waals surface area contributed by atoms with Gasteiger partial charge in [0.2, 0.25) is 11.8 Å². The first-order valence-corrected chi connectivity index (χ1v) is 42.5. The number of carbonyl (C=O) groups excluding carboxylic acids is 4. The minimum Gasteiger partial charge on any atom is -0.502 e. The van der Waals surface area contributed by atoms with Crippen LogP contribution in [-0.2, 0) is 38.1 Å². The Balaban J connectivity index is 4.77. The molecule has 2 amide bonds. The average molecular weight is 1350 g/mol.